The van der Waals surface area contributed by atoms with Crippen LogP contribution >= 0.6 is 0 Å². The molecule has 0 spiro atoms. The first kappa shape index (κ1) is 11.8. The minimum atomic E-state index is -0.164. The number of esters is 1. The van der Waals surface area contributed by atoms with Crippen LogP contribution in [-0.4, -0.2) is 27.5 Å². The predicted octanol–water partition coefficient (Wildman–Crippen LogP) is 2.59. The van der Waals surface area contributed by atoms with Gasteiger partial charge in [-0.2, -0.15) is 0 Å². The van der Waals surface area contributed by atoms with Gasteiger partial charge in [0, 0.05) is 0 Å². The number of ether oxygens (including phenoxy) is 1. The Morgan fingerprint density at radius 3 is 2.86 bits per heavy atom. The summed E-state index contributed by atoms with van der Waals surface area (Å²) < 4.78 is 4.99. The molecular weight excluding hydrogens is 243 g/mol. The summed E-state index contributed by atoms with van der Waals surface area (Å²) in [4.78, 5) is 11.8. The summed E-state index contributed by atoms with van der Waals surface area (Å²) in [5, 5.41) is 0. The van der Waals surface area contributed by atoms with Gasteiger partial charge in [-0.25, -0.2) is 0 Å². The monoisotopic (exact) mass is 262 g/mol. The zero-order valence-corrected chi connectivity index (χ0v) is 10.8. The first-order chi connectivity index (χ1) is 6.64. The topological polar surface area (TPSA) is 26.3 Å². The van der Waals surface area contributed by atoms with Crippen LogP contribution in [0.5, 0.6) is 0 Å². The predicted molar refractivity (Wildman–Crippen MR) is 58.6 cm³/mol. The fourth-order valence-corrected chi connectivity index (χ4v) is 3.30. The summed E-state index contributed by atoms with van der Waals surface area (Å²) in [6, 6.07) is 0. The average Bonchev–Trinajstić information content (AvgIpc) is 2.20. The van der Waals surface area contributed by atoms with Crippen molar-refractivity contribution in [3.05, 3.63) is 11.6 Å². The summed E-state index contributed by atoms with van der Waals surface area (Å²) >= 11 is 0.330. The number of carbonyl (C=O) groups excluding carboxylic acids is 1. The van der Waals surface area contributed by atoms with E-state index in [2.05, 4.69) is 18.8 Å². The van der Waals surface area contributed by atoms with Crippen molar-refractivity contribution >= 4 is 20.9 Å². The zero-order valence-electron chi connectivity index (χ0n) is 9.13. The maximum atomic E-state index is 11.8. The second-order valence-electron chi connectivity index (χ2n) is 3.67. The molecule has 0 aromatic heterocycles. The van der Waals surface area contributed by atoms with Crippen LogP contribution in [0.15, 0.2) is 11.6 Å². The Balaban J connectivity index is 2.73. The van der Waals surface area contributed by atoms with Gasteiger partial charge in [0.25, 0.3) is 0 Å². The molecule has 0 fully saturated rings. The van der Waals surface area contributed by atoms with Gasteiger partial charge >= 0.3 is 92.0 Å². The van der Waals surface area contributed by atoms with Crippen molar-refractivity contribution in [3.63, 3.8) is 0 Å². The van der Waals surface area contributed by atoms with Gasteiger partial charge < -0.3 is 0 Å². The number of hydrogen-bond donors (Lipinski definition) is 0. The molecule has 0 aliphatic heterocycles. The summed E-state index contributed by atoms with van der Waals surface area (Å²) in [6.45, 7) is 4.51. The molecule has 1 aliphatic carbocycles. The molecule has 1 unspecified atom stereocenters. The van der Waals surface area contributed by atoms with E-state index in [1.54, 1.807) is 0 Å². The fourth-order valence-electron chi connectivity index (χ4n) is 1.66. The van der Waals surface area contributed by atoms with Gasteiger partial charge in [-0.15, -0.1) is 0 Å². The number of carbonyl (C=O) groups is 1. The van der Waals surface area contributed by atoms with E-state index >= 15 is 0 Å². The van der Waals surface area contributed by atoms with Gasteiger partial charge in [0.1, 0.15) is 0 Å². The second-order valence-corrected chi connectivity index (χ2v) is 6.17. The average molecular weight is 261 g/mol. The summed E-state index contributed by atoms with van der Waals surface area (Å²) in [5.74, 6) is 2.16. The van der Waals surface area contributed by atoms with E-state index in [9.17, 15) is 4.79 Å². The first-order valence-electron chi connectivity index (χ1n) is 5.02. The van der Waals surface area contributed by atoms with Crippen LogP contribution in [0, 0.1) is 0 Å². The number of allylic oxidation sites excluding steroid dienone is 2. The Morgan fingerprint density at radius 2 is 2.43 bits per heavy atom. The molecule has 0 heterocycles. The molecule has 3 heteroatoms. The van der Waals surface area contributed by atoms with Crippen molar-refractivity contribution in [2.24, 2.45) is 0 Å². The van der Waals surface area contributed by atoms with Crippen molar-refractivity contribution in [1.82, 2.24) is 0 Å². The van der Waals surface area contributed by atoms with E-state index in [1.165, 1.54) is 5.57 Å². The number of rotatable bonds is 3. The molecule has 0 bridgehead atoms. The van der Waals surface area contributed by atoms with Crippen molar-refractivity contribution < 1.29 is 9.53 Å². The molecule has 0 aromatic carbocycles. The van der Waals surface area contributed by atoms with Crippen molar-refractivity contribution in [2.75, 3.05) is 6.61 Å². The van der Waals surface area contributed by atoms with Crippen LogP contribution in [0.25, 0.3) is 0 Å². The Morgan fingerprint density at radius 1 is 1.71 bits per heavy atom. The van der Waals surface area contributed by atoms with Gasteiger partial charge in [-0.3, -0.25) is 0 Å². The molecule has 2 nitrogen and oxygen atoms in total. The van der Waals surface area contributed by atoms with Gasteiger partial charge in [0.2, 0.25) is 0 Å². The molecule has 0 amide bonds. The van der Waals surface area contributed by atoms with Gasteiger partial charge in [0.05, 0.1) is 0 Å². The van der Waals surface area contributed by atoms with Crippen molar-refractivity contribution in [3.8, 4) is 0 Å². The molecule has 1 aliphatic rings. The molecule has 0 radical (unpaired) electrons. The van der Waals surface area contributed by atoms with E-state index in [0.717, 1.165) is 19.3 Å². The Bertz CT molecular complexity index is 248. The third-order valence-electron chi connectivity index (χ3n) is 2.74. The van der Waals surface area contributed by atoms with Crippen LogP contribution in [0.4, 0.5) is 0 Å². The van der Waals surface area contributed by atoms with Crippen molar-refractivity contribution in [2.45, 2.75) is 43.2 Å². The molecule has 1 rings (SSSR count). The van der Waals surface area contributed by atoms with E-state index in [-0.39, 0.29) is 10.3 Å². The van der Waals surface area contributed by atoms with Crippen molar-refractivity contribution in [1.29, 1.82) is 0 Å². The third kappa shape index (κ3) is 2.40. The second kappa shape index (κ2) is 4.99. The van der Waals surface area contributed by atoms with E-state index in [0.29, 0.717) is 21.6 Å². The Kier molecular flexibility index (Phi) is 4.21. The maximum absolute atomic E-state index is 11.8. The van der Waals surface area contributed by atoms with E-state index < -0.39 is 0 Å². The third-order valence-corrected chi connectivity index (χ3v) is 5.51. The van der Waals surface area contributed by atoms with Gasteiger partial charge in [0.15, 0.2) is 0 Å². The Labute approximate surface area is 92.2 Å². The molecule has 0 saturated heterocycles. The number of hydrogen-bond acceptors (Lipinski definition) is 2. The van der Waals surface area contributed by atoms with Crippen LogP contribution < -0.4 is 0 Å². The summed E-state index contributed by atoms with van der Waals surface area (Å²) in [5.41, 5.74) is 1.41. The zero-order chi connectivity index (χ0) is 10.6. The molecular formula is C11H18O2Se. The summed E-state index contributed by atoms with van der Waals surface area (Å²) in [7, 11) is 0. The molecule has 0 saturated carbocycles. The van der Waals surface area contributed by atoms with Crippen LogP contribution in [0.1, 0.15) is 33.1 Å². The quantitative estimate of drug-likeness (QED) is 0.443. The summed E-state index contributed by atoms with van der Waals surface area (Å²) in [6.07, 6.45) is 5.11. The van der Waals surface area contributed by atoms with E-state index in [1.807, 2.05) is 6.92 Å². The van der Waals surface area contributed by atoms with Crippen LogP contribution in [-0.2, 0) is 9.53 Å². The first-order valence-corrected chi connectivity index (χ1v) is 7.59. The SMILES string of the molecule is CCOC(=O)C1([Se]C)CC=C(C)CC1. The molecule has 80 valence electrons. The van der Waals surface area contributed by atoms with Crippen LogP contribution in [0.3, 0.4) is 0 Å². The van der Waals surface area contributed by atoms with Crippen LogP contribution in [0.2, 0.25) is 10.1 Å². The van der Waals surface area contributed by atoms with Gasteiger partial charge in [-0.05, 0) is 0 Å². The molecule has 0 N–H and O–H groups in total. The van der Waals surface area contributed by atoms with Gasteiger partial charge in [-0.1, -0.05) is 0 Å². The molecule has 14 heavy (non-hydrogen) atoms. The standard InChI is InChI=1S/C11H18O2Se/c1-4-13-10(12)11(14-3)7-5-9(2)6-8-11/h5H,4,6-8H2,1-3H3. The minimum absolute atomic E-state index is 0.0197. The fraction of sp³-hybridized carbons (Fsp3) is 0.727. The molecule has 1 atom stereocenters. The van der Waals surface area contributed by atoms with E-state index in [4.69, 9.17) is 4.74 Å². The Hall–Kier alpha value is -0.271. The molecule has 0 aromatic rings. The normalized spacial score (nSPS) is 26.9.